The molecule has 1 saturated heterocycles. The van der Waals surface area contributed by atoms with Gasteiger partial charge in [-0.05, 0) is 31.8 Å². The Morgan fingerprint density at radius 1 is 1.07 bits per heavy atom. The highest BCUT2D eigenvalue weighted by molar-refractivity contribution is 8.01. The van der Waals surface area contributed by atoms with Crippen molar-refractivity contribution in [1.29, 1.82) is 0 Å². The highest BCUT2D eigenvalue weighted by atomic mass is 32.2. The summed E-state index contributed by atoms with van der Waals surface area (Å²) in [6.45, 7) is 2.13. The molecule has 27 heavy (non-hydrogen) atoms. The Bertz CT molecular complexity index is 852. The standard InChI is InChI=1S/C21H24N4OS/c1-23(2)12-13-24-20(26)14-19-21(22-17-10-6-7-11-18(17)27-19)25(24)15-16-8-4-3-5-9-16/h3-11,19H,12-15H2,1-2H3/t19-/m1/s1. The lowest BCUT2D eigenvalue weighted by molar-refractivity contribution is -0.145. The number of amidine groups is 1. The number of fused-ring (bicyclic) bond motifs is 2. The molecule has 140 valence electrons. The Hall–Kier alpha value is -2.31. The van der Waals surface area contributed by atoms with Crippen molar-refractivity contribution in [1.82, 2.24) is 14.9 Å². The van der Waals surface area contributed by atoms with Gasteiger partial charge in [0.15, 0.2) is 0 Å². The Kier molecular flexibility index (Phi) is 5.18. The summed E-state index contributed by atoms with van der Waals surface area (Å²) in [4.78, 5) is 21.2. The molecule has 0 aromatic heterocycles. The van der Waals surface area contributed by atoms with E-state index in [4.69, 9.17) is 4.99 Å². The Morgan fingerprint density at radius 2 is 1.81 bits per heavy atom. The first-order valence-corrected chi connectivity index (χ1v) is 10.1. The highest BCUT2D eigenvalue weighted by Crippen LogP contribution is 2.41. The number of hydrazine groups is 1. The molecule has 0 N–H and O–H groups in total. The second-order valence-electron chi connectivity index (χ2n) is 7.11. The summed E-state index contributed by atoms with van der Waals surface area (Å²) >= 11 is 1.76. The molecule has 6 heteroatoms. The molecule has 1 atom stereocenters. The molecule has 2 aromatic carbocycles. The Balaban J connectivity index is 1.70. The highest BCUT2D eigenvalue weighted by Gasteiger charge is 2.39. The minimum absolute atomic E-state index is 0.0757. The third-order valence-corrected chi connectivity index (χ3v) is 6.06. The zero-order chi connectivity index (χ0) is 18.8. The normalized spacial score (nSPS) is 19.0. The van der Waals surface area contributed by atoms with E-state index < -0.39 is 0 Å². The van der Waals surface area contributed by atoms with Crippen LogP contribution in [0.5, 0.6) is 0 Å². The zero-order valence-corrected chi connectivity index (χ0v) is 16.5. The SMILES string of the molecule is CN(C)CCN1C(=O)C[C@H]2Sc3ccccc3N=C2N1Cc1ccccc1. The predicted molar refractivity (Wildman–Crippen MR) is 110 cm³/mol. The Labute approximate surface area is 164 Å². The van der Waals surface area contributed by atoms with Crippen LogP contribution in [-0.2, 0) is 11.3 Å². The fourth-order valence-corrected chi connectivity index (χ4v) is 4.60. The number of amides is 1. The number of thioether (sulfide) groups is 1. The van der Waals surface area contributed by atoms with Crippen LogP contribution in [0.2, 0.25) is 0 Å². The zero-order valence-electron chi connectivity index (χ0n) is 15.7. The number of hydrogen-bond acceptors (Lipinski definition) is 5. The minimum atomic E-state index is 0.0757. The first-order chi connectivity index (χ1) is 13.1. The molecule has 1 fully saturated rings. The number of carbonyl (C=O) groups excluding carboxylic acids is 1. The van der Waals surface area contributed by atoms with Crippen molar-refractivity contribution in [3.63, 3.8) is 0 Å². The van der Waals surface area contributed by atoms with Crippen molar-refractivity contribution < 1.29 is 4.79 Å². The third-order valence-electron chi connectivity index (χ3n) is 4.80. The third kappa shape index (κ3) is 3.87. The predicted octanol–water partition coefficient (Wildman–Crippen LogP) is 3.40. The van der Waals surface area contributed by atoms with E-state index in [-0.39, 0.29) is 11.2 Å². The van der Waals surface area contributed by atoms with Crippen molar-refractivity contribution in [2.45, 2.75) is 23.1 Å². The van der Waals surface area contributed by atoms with Gasteiger partial charge in [-0.1, -0.05) is 42.5 Å². The maximum Gasteiger partial charge on any atom is 0.242 e. The first kappa shape index (κ1) is 18.1. The molecular formula is C21H24N4OS. The molecule has 0 saturated carbocycles. The average Bonchev–Trinajstić information content (AvgIpc) is 2.67. The van der Waals surface area contributed by atoms with Gasteiger partial charge in [-0.15, -0.1) is 11.8 Å². The minimum Gasteiger partial charge on any atom is -0.308 e. The summed E-state index contributed by atoms with van der Waals surface area (Å²) in [5.41, 5.74) is 2.17. The first-order valence-electron chi connectivity index (χ1n) is 9.22. The smallest absolute Gasteiger partial charge is 0.242 e. The van der Waals surface area contributed by atoms with Crippen LogP contribution < -0.4 is 0 Å². The van der Waals surface area contributed by atoms with E-state index in [1.807, 2.05) is 55.5 Å². The van der Waals surface area contributed by atoms with Crippen LogP contribution in [0.25, 0.3) is 0 Å². The molecule has 2 aliphatic rings. The van der Waals surface area contributed by atoms with Crippen molar-refractivity contribution >= 4 is 29.2 Å². The maximum atomic E-state index is 13.0. The van der Waals surface area contributed by atoms with Crippen LogP contribution in [0.4, 0.5) is 5.69 Å². The maximum absolute atomic E-state index is 13.0. The number of rotatable bonds is 5. The second kappa shape index (κ2) is 7.74. The summed E-state index contributed by atoms with van der Waals surface area (Å²) in [5.74, 6) is 1.16. The molecule has 4 rings (SSSR count). The van der Waals surface area contributed by atoms with Crippen molar-refractivity contribution in [3.05, 3.63) is 60.2 Å². The molecule has 2 heterocycles. The van der Waals surface area contributed by atoms with Crippen molar-refractivity contribution in [2.24, 2.45) is 4.99 Å². The topological polar surface area (TPSA) is 39.1 Å². The quantitative estimate of drug-likeness (QED) is 0.797. The second-order valence-corrected chi connectivity index (χ2v) is 8.36. The number of nitrogens with zero attached hydrogens (tertiary/aromatic N) is 4. The largest absolute Gasteiger partial charge is 0.308 e. The monoisotopic (exact) mass is 380 g/mol. The van der Waals surface area contributed by atoms with Crippen LogP contribution in [0.15, 0.2) is 64.5 Å². The molecule has 0 radical (unpaired) electrons. The van der Waals surface area contributed by atoms with Crippen LogP contribution in [0, 0.1) is 0 Å². The molecule has 2 aliphatic heterocycles. The van der Waals surface area contributed by atoms with Gasteiger partial charge in [0.25, 0.3) is 0 Å². The lowest BCUT2D eigenvalue weighted by Gasteiger charge is -2.45. The number of carbonyl (C=O) groups is 1. The van der Waals surface area contributed by atoms with Crippen LogP contribution in [-0.4, -0.2) is 59.1 Å². The van der Waals surface area contributed by atoms with Crippen molar-refractivity contribution in [3.8, 4) is 0 Å². The summed E-state index contributed by atoms with van der Waals surface area (Å²) in [6, 6.07) is 18.5. The average molecular weight is 381 g/mol. The number of likely N-dealkylation sites (N-methyl/N-ethyl adjacent to an activating group) is 1. The van der Waals surface area contributed by atoms with Crippen LogP contribution in [0.1, 0.15) is 12.0 Å². The van der Waals surface area contributed by atoms with E-state index >= 15 is 0 Å². The molecule has 2 aromatic rings. The van der Waals surface area contributed by atoms with Gasteiger partial charge < -0.3 is 4.90 Å². The van der Waals surface area contributed by atoms with E-state index in [1.165, 1.54) is 5.56 Å². The van der Waals surface area contributed by atoms with Gasteiger partial charge >= 0.3 is 0 Å². The van der Waals surface area contributed by atoms with Gasteiger partial charge in [0.05, 0.1) is 24.0 Å². The molecule has 0 aliphatic carbocycles. The lowest BCUT2D eigenvalue weighted by atomic mass is 10.1. The molecular weight excluding hydrogens is 356 g/mol. The van der Waals surface area contributed by atoms with E-state index in [0.717, 1.165) is 23.0 Å². The summed E-state index contributed by atoms with van der Waals surface area (Å²) < 4.78 is 0. The van der Waals surface area contributed by atoms with Gasteiger partial charge in [0.2, 0.25) is 5.91 Å². The summed E-state index contributed by atoms with van der Waals surface area (Å²) in [7, 11) is 4.06. The van der Waals surface area contributed by atoms with Gasteiger partial charge in [-0.25, -0.2) is 4.99 Å². The van der Waals surface area contributed by atoms with Crippen LogP contribution in [0.3, 0.4) is 0 Å². The number of benzene rings is 2. The molecule has 1 amide bonds. The molecule has 5 nitrogen and oxygen atoms in total. The lowest BCUT2D eigenvalue weighted by Crippen LogP contribution is -2.59. The van der Waals surface area contributed by atoms with Gasteiger partial charge in [0, 0.05) is 17.9 Å². The molecule has 0 unspecified atom stereocenters. The van der Waals surface area contributed by atoms with E-state index in [9.17, 15) is 4.79 Å². The van der Waals surface area contributed by atoms with Crippen molar-refractivity contribution in [2.75, 3.05) is 27.2 Å². The van der Waals surface area contributed by atoms with Gasteiger partial charge in [0.1, 0.15) is 5.84 Å². The number of para-hydroxylation sites is 1. The number of aliphatic imine (C=N–C) groups is 1. The van der Waals surface area contributed by atoms with E-state index in [0.29, 0.717) is 19.5 Å². The Morgan fingerprint density at radius 3 is 2.59 bits per heavy atom. The molecule has 0 spiro atoms. The summed E-state index contributed by atoms with van der Waals surface area (Å²) in [6.07, 6.45) is 0.497. The van der Waals surface area contributed by atoms with Gasteiger partial charge in [-0.2, -0.15) is 0 Å². The van der Waals surface area contributed by atoms with E-state index in [1.54, 1.807) is 11.8 Å². The van der Waals surface area contributed by atoms with Gasteiger partial charge in [-0.3, -0.25) is 14.8 Å². The summed E-state index contributed by atoms with van der Waals surface area (Å²) in [5, 5.41) is 4.06. The van der Waals surface area contributed by atoms with E-state index in [2.05, 4.69) is 28.1 Å². The fourth-order valence-electron chi connectivity index (χ4n) is 3.39. The van der Waals surface area contributed by atoms with Crippen LogP contribution >= 0.6 is 11.8 Å². The molecule has 0 bridgehead atoms. The fraction of sp³-hybridized carbons (Fsp3) is 0.333. The number of hydrogen-bond donors (Lipinski definition) is 0.